The minimum atomic E-state index is -0.0535. The van der Waals surface area contributed by atoms with E-state index in [1.54, 1.807) is 0 Å². The second-order valence-corrected chi connectivity index (χ2v) is 3.15. The molecule has 0 unspecified atom stereocenters. The van der Waals surface area contributed by atoms with E-state index in [9.17, 15) is 4.79 Å². The molecule has 0 heterocycles. The lowest BCUT2D eigenvalue weighted by Gasteiger charge is -2.04. The SMILES string of the molecule is [CH2]/C=C(/C)c1ccc(NC(C)=O)cc1. The summed E-state index contributed by atoms with van der Waals surface area (Å²) in [5.41, 5.74) is 3.06. The molecule has 0 aromatic heterocycles. The summed E-state index contributed by atoms with van der Waals surface area (Å²) in [4.78, 5) is 10.8. The van der Waals surface area contributed by atoms with Gasteiger partial charge < -0.3 is 5.32 Å². The molecule has 2 heteroatoms. The number of benzene rings is 1. The summed E-state index contributed by atoms with van der Waals surface area (Å²) in [5, 5.41) is 2.71. The Hall–Kier alpha value is -1.57. The van der Waals surface area contributed by atoms with Crippen molar-refractivity contribution in [3.8, 4) is 0 Å². The molecule has 0 atom stereocenters. The highest BCUT2D eigenvalue weighted by Gasteiger charge is 1.96. The van der Waals surface area contributed by atoms with Crippen LogP contribution in [-0.2, 0) is 4.79 Å². The van der Waals surface area contributed by atoms with E-state index in [0.717, 1.165) is 16.8 Å². The van der Waals surface area contributed by atoms with Crippen LogP contribution in [0.4, 0.5) is 5.69 Å². The first kappa shape index (κ1) is 10.5. The average molecular weight is 188 g/mol. The van der Waals surface area contributed by atoms with Crippen LogP contribution in [0.15, 0.2) is 30.3 Å². The van der Waals surface area contributed by atoms with Crippen LogP contribution in [0.25, 0.3) is 5.57 Å². The molecule has 0 saturated carbocycles. The third-order valence-electron chi connectivity index (χ3n) is 1.97. The molecule has 1 amide bonds. The van der Waals surface area contributed by atoms with Crippen LogP contribution < -0.4 is 5.32 Å². The van der Waals surface area contributed by atoms with Crippen molar-refractivity contribution in [1.82, 2.24) is 0 Å². The van der Waals surface area contributed by atoms with Crippen LogP contribution in [0, 0.1) is 6.92 Å². The third kappa shape index (κ3) is 2.73. The van der Waals surface area contributed by atoms with Gasteiger partial charge in [0, 0.05) is 12.6 Å². The maximum atomic E-state index is 10.8. The van der Waals surface area contributed by atoms with Gasteiger partial charge in [-0.25, -0.2) is 0 Å². The number of nitrogens with one attached hydrogen (secondary N) is 1. The standard InChI is InChI=1S/C12H14NO/c1-4-9(2)11-5-7-12(8-6-11)13-10(3)14/h4-8H,1H2,2-3H3,(H,13,14)/b9-4-. The lowest BCUT2D eigenvalue weighted by molar-refractivity contribution is -0.114. The van der Waals surface area contributed by atoms with Gasteiger partial charge >= 0.3 is 0 Å². The number of allylic oxidation sites excluding steroid dienone is 2. The van der Waals surface area contributed by atoms with Gasteiger partial charge in [0.2, 0.25) is 5.91 Å². The molecule has 0 fully saturated rings. The van der Waals surface area contributed by atoms with Crippen molar-refractivity contribution in [2.75, 3.05) is 5.32 Å². The van der Waals surface area contributed by atoms with Gasteiger partial charge in [0.15, 0.2) is 0 Å². The molecule has 1 rings (SSSR count). The highest BCUT2D eigenvalue weighted by Crippen LogP contribution is 2.16. The number of hydrogen-bond acceptors (Lipinski definition) is 1. The molecule has 0 aliphatic carbocycles. The fraction of sp³-hybridized carbons (Fsp3) is 0.167. The van der Waals surface area contributed by atoms with E-state index in [1.807, 2.05) is 37.3 Å². The molecule has 2 nitrogen and oxygen atoms in total. The smallest absolute Gasteiger partial charge is 0.221 e. The maximum Gasteiger partial charge on any atom is 0.221 e. The summed E-state index contributed by atoms with van der Waals surface area (Å²) in [6.07, 6.45) is 1.81. The van der Waals surface area contributed by atoms with E-state index in [4.69, 9.17) is 0 Å². The first-order valence-corrected chi connectivity index (χ1v) is 4.47. The Morgan fingerprint density at radius 1 is 1.29 bits per heavy atom. The molecule has 73 valence electrons. The Labute approximate surface area is 84.6 Å². The highest BCUT2D eigenvalue weighted by molar-refractivity contribution is 5.88. The van der Waals surface area contributed by atoms with Gasteiger partial charge in [0.1, 0.15) is 0 Å². The molecule has 0 aliphatic rings. The average Bonchev–Trinajstić information content (AvgIpc) is 2.17. The predicted molar refractivity (Wildman–Crippen MR) is 59.8 cm³/mol. The van der Waals surface area contributed by atoms with Crippen molar-refractivity contribution in [2.24, 2.45) is 0 Å². The zero-order valence-electron chi connectivity index (χ0n) is 8.50. The number of rotatable bonds is 2. The van der Waals surface area contributed by atoms with Gasteiger partial charge in [0.05, 0.1) is 0 Å². The molecule has 1 aromatic rings. The quantitative estimate of drug-likeness (QED) is 0.759. The molecule has 0 spiro atoms. The Bertz CT molecular complexity index is 349. The molecule has 0 aliphatic heterocycles. The summed E-state index contributed by atoms with van der Waals surface area (Å²) in [6.45, 7) is 7.20. The highest BCUT2D eigenvalue weighted by atomic mass is 16.1. The van der Waals surface area contributed by atoms with Crippen LogP contribution in [0.5, 0.6) is 0 Å². The van der Waals surface area contributed by atoms with E-state index >= 15 is 0 Å². The van der Waals surface area contributed by atoms with Crippen LogP contribution in [0.3, 0.4) is 0 Å². The number of carbonyl (C=O) groups is 1. The summed E-state index contributed by atoms with van der Waals surface area (Å²) in [7, 11) is 0. The molecular formula is C12H14NO. The van der Waals surface area contributed by atoms with Gasteiger partial charge in [-0.05, 0) is 37.1 Å². The normalized spacial score (nSPS) is 11.2. The Balaban J connectivity index is 2.83. The van der Waals surface area contributed by atoms with Crippen LogP contribution in [-0.4, -0.2) is 5.91 Å². The summed E-state index contributed by atoms with van der Waals surface area (Å²) in [6, 6.07) is 7.68. The van der Waals surface area contributed by atoms with Crippen LogP contribution in [0.1, 0.15) is 19.4 Å². The monoisotopic (exact) mass is 188 g/mol. The summed E-state index contributed by atoms with van der Waals surface area (Å²) < 4.78 is 0. The predicted octanol–water partition coefficient (Wildman–Crippen LogP) is 2.88. The third-order valence-corrected chi connectivity index (χ3v) is 1.97. The van der Waals surface area contributed by atoms with Gasteiger partial charge in [-0.3, -0.25) is 4.79 Å². The van der Waals surface area contributed by atoms with Crippen molar-refractivity contribution < 1.29 is 4.79 Å². The molecule has 1 radical (unpaired) electrons. The van der Waals surface area contributed by atoms with Crippen molar-refractivity contribution in [3.63, 3.8) is 0 Å². The molecule has 14 heavy (non-hydrogen) atoms. The maximum absolute atomic E-state index is 10.8. The zero-order valence-corrected chi connectivity index (χ0v) is 8.50. The molecule has 1 N–H and O–H groups in total. The van der Waals surface area contributed by atoms with Gasteiger partial charge in [-0.1, -0.05) is 18.2 Å². The summed E-state index contributed by atoms with van der Waals surface area (Å²) in [5.74, 6) is -0.0535. The first-order valence-electron chi connectivity index (χ1n) is 4.47. The first-order chi connectivity index (χ1) is 6.63. The Kier molecular flexibility index (Phi) is 3.46. The van der Waals surface area contributed by atoms with E-state index in [1.165, 1.54) is 6.92 Å². The Morgan fingerprint density at radius 2 is 1.86 bits per heavy atom. The van der Waals surface area contributed by atoms with Crippen LogP contribution in [0.2, 0.25) is 0 Å². The fourth-order valence-corrected chi connectivity index (χ4v) is 1.14. The van der Waals surface area contributed by atoms with Crippen molar-refractivity contribution >= 4 is 17.2 Å². The summed E-state index contributed by atoms with van der Waals surface area (Å²) >= 11 is 0. The van der Waals surface area contributed by atoms with E-state index in [2.05, 4.69) is 12.2 Å². The van der Waals surface area contributed by atoms with E-state index in [0.29, 0.717) is 0 Å². The largest absolute Gasteiger partial charge is 0.326 e. The zero-order chi connectivity index (χ0) is 10.6. The van der Waals surface area contributed by atoms with Gasteiger partial charge in [-0.2, -0.15) is 0 Å². The Morgan fingerprint density at radius 3 is 2.29 bits per heavy atom. The second kappa shape index (κ2) is 4.61. The van der Waals surface area contributed by atoms with Gasteiger partial charge in [-0.15, -0.1) is 0 Å². The molecular weight excluding hydrogens is 174 g/mol. The molecule has 0 saturated heterocycles. The minimum Gasteiger partial charge on any atom is -0.326 e. The van der Waals surface area contributed by atoms with Crippen molar-refractivity contribution in [1.29, 1.82) is 0 Å². The second-order valence-electron chi connectivity index (χ2n) is 3.15. The number of carbonyl (C=O) groups excluding carboxylic acids is 1. The van der Waals surface area contributed by atoms with Crippen LogP contribution >= 0.6 is 0 Å². The van der Waals surface area contributed by atoms with Gasteiger partial charge in [0.25, 0.3) is 0 Å². The number of hydrogen-bond donors (Lipinski definition) is 1. The van der Waals surface area contributed by atoms with Crippen molar-refractivity contribution in [2.45, 2.75) is 13.8 Å². The fourth-order valence-electron chi connectivity index (χ4n) is 1.14. The molecule has 0 bridgehead atoms. The molecule has 1 aromatic carbocycles. The number of anilines is 1. The van der Waals surface area contributed by atoms with E-state index in [-0.39, 0.29) is 5.91 Å². The van der Waals surface area contributed by atoms with E-state index < -0.39 is 0 Å². The lowest BCUT2D eigenvalue weighted by atomic mass is 10.1. The van der Waals surface area contributed by atoms with Crippen molar-refractivity contribution in [3.05, 3.63) is 42.8 Å². The minimum absolute atomic E-state index is 0.0535. The lowest BCUT2D eigenvalue weighted by Crippen LogP contribution is -2.05. The number of amides is 1. The topological polar surface area (TPSA) is 29.1 Å².